The molecule has 0 saturated heterocycles. The van der Waals surface area contributed by atoms with Crippen molar-refractivity contribution >= 4 is 11.3 Å². The highest BCUT2D eigenvalue weighted by molar-refractivity contribution is 7.17. The topological polar surface area (TPSA) is 44.2 Å². The molecule has 0 aliphatic heterocycles. The third-order valence-electron chi connectivity index (χ3n) is 6.66. The van der Waals surface area contributed by atoms with Crippen LogP contribution in [0.15, 0.2) is 48.5 Å². The first-order chi connectivity index (χ1) is 18.3. The van der Waals surface area contributed by atoms with Gasteiger partial charge in [-0.05, 0) is 61.4 Å². The second kappa shape index (κ2) is 18.0. The van der Waals surface area contributed by atoms with Gasteiger partial charge in [-0.3, -0.25) is 0 Å². The number of rotatable bonds is 20. The van der Waals surface area contributed by atoms with E-state index in [0.717, 1.165) is 58.7 Å². The van der Waals surface area contributed by atoms with E-state index in [2.05, 4.69) is 48.3 Å². The minimum absolute atomic E-state index is 0.787. The van der Waals surface area contributed by atoms with Crippen molar-refractivity contribution in [3.8, 4) is 32.6 Å². The number of unbranched alkanes of at least 4 members (excludes halogenated alkanes) is 12. The van der Waals surface area contributed by atoms with Crippen molar-refractivity contribution in [1.82, 2.24) is 10.2 Å². The number of aromatic nitrogens is 2. The molecule has 2 aromatic carbocycles. The Morgan fingerprint density at radius 3 is 1.22 bits per heavy atom. The Hall–Kier alpha value is -2.40. The second-order valence-electron chi connectivity index (χ2n) is 9.90. The van der Waals surface area contributed by atoms with E-state index in [-0.39, 0.29) is 0 Å². The van der Waals surface area contributed by atoms with E-state index in [9.17, 15) is 0 Å². The highest BCUT2D eigenvalue weighted by Crippen LogP contribution is 2.31. The van der Waals surface area contributed by atoms with Crippen molar-refractivity contribution in [2.24, 2.45) is 0 Å². The maximum atomic E-state index is 5.93. The molecule has 0 atom stereocenters. The van der Waals surface area contributed by atoms with E-state index in [4.69, 9.17) is 9.47 Å². The number of nitrogens with zero attached hydrogens (tertiary/aromatic N) is 2. The number of hydrogen-bond acceptors (Lipinski definition) is 5. The first-order valence-corrected chi connectivity index (χ1v) is 15.4. The summed E-state index contributed by atoms with van der Waals surface area (Å²) >= 11 is 1.61. The third kappa shape index (κ3) is 11.3. The molecule has 0 aliphatic rings. The van der Waals surface area contributed by atoms with E-state index in [0.29, 0.717) is 0 Å². The lowest BCUT2D eigenvalue weighted by Gasteiger charge is -2.07. The molecular formula is C32H46N2O2S. The minimum atomic E-state index is 0.787. The SMILES string of the molecule is CCCCCCCCCOc1ccc(-c2nnc(-c3ccc(OCCCCCCCCC)cc3)s2)cc1. The molecule has 3 rings (SSSR count). The molecule has 0 fully saturated rings. The zero-order valence-electron chi connectivity index (χ0n) is 23.1. The van der Waals surface area contributed by atoms with Crippen molar-refractivity contribution in [3.05, 3.63) is 48.5 Å². The standard InChI is InChI=1S/C32H46N2O2S/c1-3-5-7-9-11-13-15-25-35-29-21-17-27(18-22-29)31-33-34-32(37-31)28-19-23-30(24-20-28)36-26-16-14-12-10-8-6-4-2/h17-24H,3-16,25-26H2,1-2H3. The molecule has 0 saturated carbocycles. The van der Waals surface area contributed by atoms with E-state index in [1.807, 2.05) is 24.3 Å². The lowest BCUT2D eigenvalue weighted by molar-refractivity contribution is 0.304. The highest BCUT2D eigenvalue weighted by atomic mass is 32.1. The molecule has 0 radical (unpaired) electrons. The zero-order chi connectivity index (χ0) is 26.0. The van der Waals surface area contributed by atoms with Crippen molar-refractivity contribution < 1.29 is 9.47 Å². The van der Waals surface area contributed by atoms with Crippen LogP contribution in [0.25, 0.3) is 21.1 Å². The summed E-state index contributed by atoms with van der Waals surface area (Å²) in [4.78, 5) is 0. The van der Waals surface area contributed by atoms with E-state index >= 15 is 0 Å². The summed E-state index contributed by atoms with van der Waals surface area (Å²) in [6.07, 6.45) is 18.1. The van der Waals surface area contributed by atoms with Crippen LogP contribution in [0.1, 0.15) is 104 Å². The molecule has 5 heteroatoms. The Morgan fingerprint density at radius 1 is 0.486 bits per heavy atom. The van der Waals surface area contributed by atoms with E-state index < -0.39 is 0 Å². The maximum absolute atomic E-state index is 5.93. The van der Waals surface area contributed by atoms with Gasteiger partial charge in [0.15, 0.2) is 0 Å². The highest BCUT2D eigenvalue weighted by Gasteiger charge is 2.09. The van der Waals surface area contributed by atoms with Gasteiger partial charge < -0.3 is 9.47 Å². The van der Waals surface area contributed by atoms with E-state index in [1.165, 1.54) is 77.0 Å². The minimum Gasteiger partial charge on any atom is -0.494 e. The summed E-state index contributed by atoms with van der Waals surface area (Å²) in [6, 6.07) is 16.4. The summed E-state index contributed by atoms with van der Waals surface area (Å²) in [6.45, 7) is 6.09. The Labute approximate surface area is 228 Å². The van der Waals surface area contributed by atoms with Crippen LogP contribution in [0.4, 0.5) is 0 Å². The van der Waals surface area contributed by atoms with Gasteiger partial charge in [0.1, 0.15) is 21.5 Å². The van der Waals surface area contributed by atoms with Gasteiger partial charge in [0, 0.05) is 11.1 Å². The molecule has 4 nitrogen and oxygen atoms in total. The van der Waals surface area contributed by atoms with Gasteiger partial charge in [0.05, 0.1) is 13.2 Å². The van der Waals surface area contributed by atoms with Crippen molar-refractivity contribution in [3.63, 3.8) is 0 Å². The van der Waals surface area contributed by atoms with Crippen LogP contribution < -0.4 is 9.47 Å². The van der Waals surface area contributed by atoms with Gasteiger partial charge in [-0.1, -0.05) is 102 Å². The van der Waals surface area contributed by atoms with Crippen LogP contribution in [-0.2, 0) is 0 Å². The first kappa shape index (κ1) is 29.2. The Kier molecular flexibility index (Phi) is 14.1. The molecule has 3 aromatic rings. The monoisotopic (exact) mass is 522 g/mol. The molecule has 0 spiro atoms. The maximum Gasteiger partial charge on any atom is 0.148 e. The number of benzene rings is 2. The molecule has 0 amide bonds. The Bertz CT molecular complexity index is 891. The van der Waals surface area contributed by atoms with Crippen LogP contribution >= 0.6 is 11.3 Å². The molecule has 0 unspecified atom stereocenters. The van der Waals surface area contributed by atoms with Gasteiger partial charge >= 0.3 is 0 Å². The van der Waals surface area contributed by atoms with Gasteiger partial charge in [0.25, 0.3) is 0 Å². The molecule has 202 valence electrons. The molecule has 0 bridgehead atoms. The smallest absolute Gasteiger partial charge is 0.148 e. The summed E-state index contributed by atoms with van der Waals surface area (Å²) in [5.41, 5.74) is 2.14. The number of ether oxygens (including phenoxy) is 2. The zero-order valence-corrected chi connectivity index (χ0v) is 23.9. The van der Waals surface area contributed by atoms with Gasteiger partial charge in [0.2, 0.25) is 0 Å². The van der Waals surface area contributed by atoms with Gasteiger partial charge in [-0.25, -0.2) is 0 Å². The van der Waals surface area contributed by atoms with Crippen LogP contribution in [0, 0.1) is 0 Å². The van der Waals surface area contributed by atoms with Gasteiger partial charge in [-0.15, -0.1) is 10.2 Å². The Morgan fingerprint density at radius 2 is 0.838 bits per heavy atom. The Balaban J connectivity index is 1.37. The van der Waals surface area contributed by atoms with Crippen molar-refractivity contribution in [2.45, 2.75) is 104 Å². The summed E-state index contributed by atoms with van der Waals surface area (Å²) in [7, 11) is 0. The summed E-state index contributed by atoms with van der Waals surface area (Å²) in [5.74, 6) is 1.85. The quantitative estimate of drug-likeness (QED) is 0.138. The largest absolute Gasteiger partial charge is 0.494 e. The van der Waals surface area contributed by atoms with E-state index in [1.54, 1.807) is 11.3 Å². The van der Waals surface area contributed by atoms with Crippen LogP contribution in [0.3, 0.4) is 0 Å². The van der Waals surface area contributed by atoms with Crippen LogP contribution in [0.2, 0.25) is 0 Å². The third-order valence-corrected chi connectivity index (χ3v) is 7.68. The number of hydrogen-bond donors (Lipinski definition) is 0. The fourth-order valence-corrected chi connectivity index (χ4v) is 5.20. The fraction of sp³-hybridized carbons (Fsp3) is 0.562. The lowest BCUT2D eigenvalue weighted by atomic mass is 10.1. The predicted molar refractivity (Wildman–Crippen MR) is 158 cm³/mol. The van der Waals surface area contributed by atoms with Crippen LogP contribution in [0.5, 0.6) is 11.5 Å². The van der Waals surface area contributed by atoms with Gasteiger partial charge in [-0.2, -0.15) is 0 Å². The summed E-state index contributed by atoms with van der Waals surface area (Å²) in [5, 5.41) is 10.7. The lowest BCUT2D eigenvalue weighted by Crippen LogP contribution is -1.97. The normalized spacial score (nSPS) is 11.1. The molecule has 37 heavy (non-hydrogen) atoms. The second-order valence-corrected chi connectivity index (χ2v) is 10.9. The molecule has 1 heterocycles. The molecule has 0 N–H and O–H groups in total. The van der Waals surface area contributed by atoms with Crippen LogP contribution in [-0.4, -0.2) is 23.4 Å². The molecular weight excluding hydrogens is 476 g/mol. The summed E-state index contributed by atoms with van der Waals surface area (Å²) < 4.78 is 11.9. The fourth-order valence-electron chi connectivity index (χ4n) is 4.34. The average Bonchev–Trinajstić information content (AvgIpc) is 3.43. The molecule has 1 aromatic heterocycles. The first-order valence-electron chi connectivity index (χ1n) is 14.6. The van der Waals surface area contributed by atoms with Crippen molar-refractivity contribution in [1.29, 1.82) is 0 Å². The average molecular weight is 523 g/mol. The van der Waals surface area contributed by atoms with Crippen molar-refractivity contribution in [2.75, 3.05) is 13.2 Å². The molecule has 0 aliphatic carbocycles. The predicted octanol–water partition coefficient (Wildman–Crippen LogP) is 10.1.